The lowest BCUT2D eigenvalue weighted by Gasteiger charge is -2.08. The van der Waals surface area contributed by atoms with Gasteiger partial charge in [-0.2, -0.15) is 0 Å². The number of thiophene rings is 2. The van der Waals surface area contributed by atoms with Crippen LogP contribution in [0.3, 0.4) is 0 Å². The predicted octanol–water partition coefficient (Wildman–Crippen LogP) is 13.3. The van der Waals surface area contributed by atoms with Crippen LogP contribution < -0.4 is 0 Å². The third kappa shape index (κ3) is 7.65. The van der Waals surface area contributed by atoms with Crippen molar-refractivity contribution >= 4 is 44.2 Å². The molecule has 0 aliphatic carbocycles. The molecule has 5 rings (SSSR count). The molecular weight excluding hydrogens is 521 g/mol. The molecule has 0 saturated carbocycles. The Morgan fingerprint density at radius 3 is 1.30 bits per heavy atom. The first-order valence-corrected chi connectivity index (χ1v) is 17.5. The van der Waals surface area contributed by atoms with Crippen molar-refractivity contribution in [1.82, 2.24) is 0 Å². The van der Waals surface area contributed by atoms with Crippen molar-refractivity contribution in [3.8, 4) is 20.9 Å². The molecule has 0 spiro atoms. The number of rotatable bonds is 16. The number of hydrogen-bond donors (Lipinski definition) is 0. The first-order valence-electron chi connectivity index (χ1n) is 15.9. The van der Waals surface area contributed by atoms with Crippen LogP contribution in [0, 0.1) is 0 Å². The molecule has 2 aromatic heterocycles. The second-order valence-electron chi connectivity index (χ2n) is 11.5. The number of unbranched alkanes of at least 4 members (excludes halogenated alkanes) is 10. The third-order valence-corrected chi connectivity index (χ3v) is 10.7. The average Bonchev–Trinajstić information content (AvgIpc) is 3.66. The molecule has 2 heteroatoms. The Bertz CT molecular complexity index is 1370. The van der Waals surface area contributed by atoms with E-state index in [4.69, 9.17) is 0 Å². The Labute approximate surface area is 250 Å². The molecule has 0 N–H and O–H groups in total. The standard InChI is InChI=1S/C38H46S2/c1-3-5-7-9-11-13-15-33-21-25-37(39-33)31-19-23-35-29(27-31)17-18-30-28-32(20-24-36(30)35)38-26-22-34(40-38)16-14-12-10-8-6-4-2/h17-28H,3-16H2,1-2H3. The quantitative estimate of drug-likeness (QED) is 0.0823. The molecule has 0 radical (unpaired) electrons. The van der Waals surface area contributed by atoms with Crippen molar-refractivity contribution < 1.29 is 0 Å². The Morgan fingerprint density at radius 2 is 0.850 bits per heavy atom. The number of fused-ring (bicyclic) bond motifs is 3. The Kier molecular flexibility index (Phi) is 10.9. The summed E-state index contributed by atoms with van der Waals surface area (Å²) in [6.45, 7) is 4.58. The molecule has 0 unspecified atom stereocenters. The topological polar surface area (TPSA) is 0 Å². The van der Waals surface area contributed by atoms with Crippen molar-refractivity contribution in [3.63, 3.8) is 0 Å². The predicted molar refractivity (Wildman–Crippen MR) is 182 cm³/mol. The summed E-state index contributed by atoms with van der Waals surface area (Å²) >= 11 is 3.96. The SMILES string of the molecule is CCCCCCCCc1ccc(-c2ccc3c(ccc4cc(-c5ccc(CCCCCCCC)s5)ccc43)c2)s1. The molecule has 0 atom stereocenters. The Hall–Kier alpha value is -2.42. The van der Waals surface area contributed by atoms with E-state index in [-0.39, 0.29) is 0 Å². The summed E-state index contributed by atoms with van der Waals surface area (Å²) in [5, 5.41) is 5.38. The smallest absolute Gasteiger partial charge is 0.0345 e. The van der Waals surface area contributed by atoms with Crippen LogP contribution in [0.2, 0.25) is 0 Å². The highest BCUT2D eigenvalue weighted by Gasteiger charge is 2.09. The molecule has 5 aromatic rings. The summed E-state index contributed by atoms with van der Waals surface area (Å²) in [6, 6.07) is 28.1. The van der Waals surface area contributed by atoms with Gasteiger partial charge in [-0.25, -0.2) is 0 Å². The zero-order chi connectivity index (χ0) is 27.6. The molecule has 0 aliphatic rings. The van der Waals surface area contributed by atoms with Gasteiger partial charge in [0, 0.05) is 19.5 Å². The number of benzene rings is 3. The van der Waals surface area contributed by atoms with Gasteiger partial charge in [-0.3, -0.25) is 0 Å². The molecule has 3 aromatic carbocycles. The third-order valence-electron chi connectivity index (χ3n) is 8.28. The van der Waals surface area contributed by atoms with Crippen molar-refractivity contribution in [2.45, 2.75) is 104 Å². The highest BCUT2D eigenvalue weighted by atomic mass is 32.1. The molecule has 210 valence electrons. The molecule has 40 heavy (non-hydrogen) atoms. The van der Waals surface area contributed by atoms with Crippen LogP contribution in [0.1, 0.15) is 101 Å². The first-order chi connectivity index (χ1) is 19.7. The van der Waals surface area contributed by atoms with Crippen molar-refractivity contribution in [1.29, 1.82) is 0 Å². The van der Waals surface area contributed by atoms with Crippen LogP contribution >= 0.6 is 22.7 Å². The minimum atomic E-state index is 1.22. The van der Waals surface area contributed by atoms with Crippen LogP contribution in [-0.4, -0.2) is 0 Å². The van der Waals surface area contributed by atoms with E-state index in [0.29, 0.717) is 0 Å². The van der Waals surface area contributed by atoms with Crippen molar-refractivity contribution in [3.05, 3.63) is 82.6 Å². The van der Waals surface area contributed by atoms with Gasteiger partial charge in [0.1, 0.15) is 0 Å². The molecular formula is C38H46S2. The summed E-state index contributed by atoms with van der Waals surface area (Å²) in [7, 11) is 0. The fourth-order valence-electron chi connectivity index (χ4n) is 5.87. The number of hydrogen-bond acceptors (Lipinski definition) is 2. The fraction of sp³-hybridized carbons (Fsp3) is 0.421. The van der Waals surface area contributed by atoms with Crippen molar-refractivity contribution in [2.75, 3.05) is 0 Å². The van der Waals surface area contributed by atoms with E-state index in [2.05, 4.69) is 86.6 Å². The van der Waals surface area contributed by atoms with Gasteiger partial charge in [-0.15, -0.1) is 22.7 Å². The van der Waals surface area contributed by atoms with Crippen molar-refractivity contribution in [2.24, 2.45) is 0 Å². The molecule has 0 fully saturated rings. The molecule has 0 nitrogen and oxygen atoms in total. The number of aryl methyl sites for hydroxylation is 2. The van der Waals surface area contributed by atoms with E-state index in [1.807, 2.05) is 22.7 Å². The van der Waals surface area contributed by atoms with Crippen LogP contribution in [0.25, 0.3) is 42.4 Å². The second-order valence-corrected chi connectivity index (χ2v) is 13.8. The lowest BCUT2D eigenvalue weighted by molar-refractivity contribution is 0.609. The maximum Gasteiger partial charge on any atom is 0.0345 e. The van der Waals surface area contributed by atoms with Gasteiger partial charge in [0.15, 0.2) is 0 Å². The van der Waals surface area contributed by atoms with E-state index in [0.717, 1.165) is 0 Å². The molecule has 0 aliphatic heterocycles. The van der Waals surface area contributed by atoms with Crippen LogP contribution in [-0.2, 0) is 12.8 Å². The lowest BCUT2D eigenvalue weighted by atomic mass is 9.98. The van der Waals surface area contributed by atoms with Gasteiger partial charge < -0.3 is 0 Å². The minimum Gasteiger partial charge on any atom is -0.140 e. The summed E-state index contributed by atoms with van der Waals surface area (Å²) in [5.41, 5.74) is 2.69. The molecule has 0 bridgehead atoms. The largest absolute Gasteiger partial charge is 0.140 e. The van der Waals surface area contributed by atoms with E-state index >= 15 is 0 Å². The van der Waals surface area contributed by atoms with Gasteiger partial charge >= 0.3 is 0 Å². The summed E-state index contributed by atoms with van der Waals surface area (Å²) in [5.74, 6) is 0. The fourth-order valence-corrected chi connectivity index (χ4v) is 7.96. The Balaban J connectivity index is 1.23. The van der Waals surface area contributed by atoms with Gasteiger partial charge in [0.25, 0.3) is 0 Å². The van der Waals surface area contributed by atoms with Crippen LogP contribution in [0.5, 0.6) is 0 Å². The first kappa shape index (κ1) is 29.1. The highest BCUT2D eigenvalue weighted by molar-refractivity contribution is 7.15. The van der Waals surface area contributed by atoms with Gasteiger partial charge in [0.2, 0.25) is 0 Å². The maximum absolute atomic E-state index is 2.39. The monoisotopic (exact) mass is 566 g/mol. The van der Waals surface area contributed by atoms with E-state index in [9.17, 15) is 0 Å². The summed E-state index contributed by atoms with van der Waals surface area (Å²) in [4.78, 5) is 5.85. The maximum atomic E-state index is 2.39. The van der Waals surface area contributed by atoms with E-state index in [1.54, 1.807) is 0 Å². The minimum absolute atomic E-state index is 1.22. The summed E-state index contributed by atoms with van der Waals surface area (Å²) < 4.78 is 0. The van der Waals surface area contributed by atoms with Crippen LogP contribution in [0.15, 0.2) is 72.8 Å². The van der Waals surface area contributed by atoms with Gasteiger partial charge in [0.05, 0.1) is 0 Å². The van der Waals surface area contributed by atoms with Gasteiger partial charge in [-0.05, 0) is 94.8 Å². The zero-order valence-electron chi connectivity index (χ0n) is 24.6. The van der Waals surface area contributed by atoms with E-state index in [1.165, 1.54) is 142 Å². The average molecular weight is 567 g/mol. The molecule has 0 amide bonds. The lowest BCUT2D eigenvalue weighted by Crippen LogP contribution is -1.82. The van der Waals surface area contributed by atoms with Gasteiger partial charge in [-0.1, -0.05) is 114 Å². The Morgan fingerprint density at radius 1 is 0.425 bits per heavy atom. The molecule has 0 saturated heterocycles. The second kappa shape index (κ2) is 15.0. The normalized spacial score (nSPS) is 11.7. The summed E-state index contributed by atoms with van der Waals surface area (Å²) in [6.07, 6.45) is 18.8. The van der Waals surface area contributed by atoms with E-state index < -0.39 is 0 Å². The van der Waals surface area contributed by atoms with Crippen LogP contribution in [0.4, 0.5) is 0 Å². The zero-order valence-corrected chi connectivity index (χ0v) is 26.3. The highest BCUT2D eigenvalue weighted by Crippen LogP contribution is 2.36. The molecule has 2 heterocycles.